The maximum Gasteiger partial charge on any atom is 0.252 e. The van der Waals surface area contributed by atoms with E-state index in [1.54, 1.807) is 0 Å². The number of aromatic nitrogens is 2. The first-order valence-corrected chi connectivity index (χ1v) is 32.5. The van der Waals surface area contributed by atoms with E-state index in [4.69, 9.17) is 2.74 Å². The number of rotatable bonds is 7. The van der Waals surface area contributed by atoms with E-state index in [1.165, 1.54) is 0 Å². The summed E-state index contributed by atoms with van der Waals surface area (Å²) in [5.41, 5.74) is 17.6. The second kappa shape index (κ2) is 21.1. The van der Waals surface area contributed by atoms with Gasteiger partial charge in [0.1, 0.15) is 0 Å². The van der Waals surface area contributed by atoms with Gasteiger partial charge >= 0.3 is 0 Å². The molecule has 92 heavy (non-hydrogen) atoms. The van der Waals surface area contributed by atoms with Crippen LogP contribution in [0.2, 0.25) is 0 Å². The average molecular weight is 1210 g/mol. The molecule has 2 aromatic heterocycles. The molecule has 0 N–H and O–H groups in total. The molecule has 0 atom stereocenters. The van der Waals surface area contributed by atoms with Crippen LogP contribution in [0.25, 0.3) is 77.2 Å². The summed E-state index contributed by atoms with van der Waals surface area (Å²) in [5.74, 6) is 0. The first-order chi connectivity index (χ1) is 47.9. The number of nitrogens with zero attached hydrogens (tertiary/aromatic N) is 4. The number of para-hydroxylation sites is 2. The van der Waals surface area contributed by atoms with Crippen LogP contribution in [0, 0.1) is 5.41 Å². The van der Waals surface area contributed by atoms with Crippen LogP contribution in [0.5, 0.6) is 0 Å². The van der Waals surface area contributed by atoms with Gasteiger partial charge in [0.25, 0.3) is 6.71 Å². The zero-order chi connectivity index (χ0) is 72.9. The molecule has 5 heteroatoms. The van der Waals surface area contributed by atoms with Crippen molar-refractivity contribution in [2.75, 3.05) is 9.80 Å². The fourth-order valence-corrected chi connectivity index (χ4v) is 14.3. The Morgan fingerprint density at radius 2 is 0.728 bits per heavy atom. The summed E-state index contributed by atoms with van der Waals surface area (Å²) >= 11 is 0. The van der Waals surface area contributed by atoms with Crippen LogP contribution >= 0.6 is 0 Å². The van der Waals surface area contributed by atoms with Crippen LogP contribution in [0.4, 0.5) is 34.1 Å². The van der Waals surface area contributed by atoms with E-state index in [0.717, 1.165) is 106 Å². The van der Waals surface area contributed by atoms with Gasteiger partial charge in [-0.05, 0) is 186 Å². The van der Waals surface area contributed by atoms with Crippen molar-refractivity contribution in [2.45, 2.75) is 132 Å². The van der Waals surface area contributed by atoms with E-state index >= 15 is 0 Å². The monoisotopic (exact) mass is 1210 g/mol. The molecule has 0 radical (unpaired) electrons. The molecular formula is C87H85BN4. The molecular weight excluding hydrogens is 1110 g/mol. The van der Waals surface area contributed by atoms with Crippen molar-refractivity contribution in [1.82, 2.24) is 9.13 Å². The van der Waals surface area contributed by atoms with Crippen LogP contribution in [-0.2, 0) is 28.0 Å². The van der Waals surface area contributed by atoms with Crippen molar-refractivity contribution in [1.29, 1.82) is 0 Å². The van der Waals surface area contributed by atoms with Crippen LogP contribution in [0.1, 0.15) is 145 Å². The lowest BCUT2D eigenvalue weighted by atomic mass is 9.33. The zero-order valence-corrected chi connectivity index (χ0v) is 55.7. The highest BCUT2D eigenvalue weighted by atomic mass is 15.2. The van der Waals surface area contributed by atoms with Crippen molar-refractivity contribution in [3.63, 3.8) is 0 Å². The normalized spacial score (nSPS) is 15.3. The van der Waals surface area contributed by atoms with Gasteiger partial charge in [-0.3, -0.25) is 0 Å². The molecule has 15 rings (SSSR count). The minimum atomic E-state index is -1.97. The molecule has 0 saturated carbocycles. The maximum atomic E-state index is 10.6. The van der Waals surface area contributed by atoms with E-state index in [0.29, 0.717) is 49.5 Å². The Morgan fingerprint density at radius 1 is 0.348 bits per heavy atom. The lowest BCUT2D eigenvalue weighted by Gasteiger charge is -2.45. The molecule has 11 aromatic carbocycles. The predicted octanol–water partition coefficient (Wildman–Crippen LogP) is 22.1. The van der Waals surface area contributed by atoms with E-state index in [9.17, 15) is 11.0 Å². The lowest BCUT2D eigenvalue weighted by molar-refractivity contribution is 0.411. The third-order valence-corrected chi connectivity index (χ3v) is 19.0. The first kappa shape index (κ1) is 48.5. The SMILES string of the molecule is [2H]c1c([2H])c([2H])c2c(c1[2H])c1cc(C(C)(C)C)ccc1n2-c1ccc2c(c1)N(c1ccc(C(C)(C)C)cc1-c1ccccc1)c1cc(C([2H])([2H])C(C)(C)C)cc3c1B2c1ccc(-n2c4ccc(C(C)(C)C)cc4c4c([2H])c([2H])c([2H])c([2H])c42)cc1N3c1ccc(C(C)(C)C)cc1-c1ccccc1. The highest BCUT2D eigenvalue weighted by Crippen LogP contribution is 2.52. The highest BCUT2D eigenvalue weighted by molar-refractivity contribution is 7.00. The summed E-state index contributed by atoms with van der Waals surface area (Å²) in [7, 11) is 0. The highest BCUT2D eigenvalue weighted by Gasteiger charge is 2.45. The molecule has 2 aliphatic heterocycles. The fraction of sp³-hybridized carbons (Fsp3) is 0.241. The van der Waals surface area contributed by atoms with Crippen molar-refractivity contribution in [2.24, 2.45) is 5.41 Å². The van der Waals surface area contributed by atoms with Crippen molar-refractivity contribution in [3.05, 3.63) is 258 Å². The Hall–Kier alpha value is -9.32. The Labute approximate surface area is 559 Å². The first-order valence-electron chi connectivity index (χ1n) is 37.5. The Balaban J connectivity index is 1.13. The van der Waals surface area contributed by atoms with Crippen molar-refractivity contribution >= 4 is 101 Å². The van der Waals surface area contributed by atoms with Crippen LogP contribution in [0.3, 0.4) is 0 Å². The van der Waals surface area contributed by atoms with E-state index in [-0.39, 0.29) is 70.0 Å². The molecule has 0 bridgehead atoms. The van der Waals surface area contributed by atoms with Gasteiger partial charge in [0.15, 0.2) is 0 Å². The average Bonchev–Trinajstić information content (AvgIpc) is 1.01. The van der Waals surface area contributed by atoms with E-state index < -0.39 is 18.5 Å². The Kier molecular flexibility index (Phi) is 11.1. The molecule has 4 heterocycles. The fourth-order valence-electron chi connectivity index (χ4n) is 14.3. The van der Waals surface area contributed by atoms with Gasteiger partial charge in [-0.2, -0.15) is 0 Å². The molecule has 0 fully saturated rings. The minimum absolute atomic E-state index is 0.115. The molecule has 13 aromatic rings. The number of hydrogen-bond acceptors (Lipinski definition) is 2. The van der Waals surface area contributed by atoms with Gasteiger partial charge in [0.2, 0.25) is 0 Å². The third-order valence-electron chi connectivity index (χ3n) is 19.0. The predicted molar refractivity (Wildman–Crippen MR) is 398 cm³/mol. The molecule has 0 spiro atoms. The largest absolute Gasteiger partial charge is 0.311 e. The molecule has 0 aliphatic carbocycles. The summed E-state index contributed by atoms with van der Waals surface area (Å²) in [6.07, 6.45) is -1.97. The summed E-state index contributed by atoms with van der Waals surface area (Å²) in [5, 5.41) is 2.29. The maximum absolute atomic E-state index is 10.6. The Morgan fingerprint density at radius 3 is 1.12 bits per heavy atom. The number of hydrogen-bond donors (Lipinski definition) is 0. The van der Waals surface area contributed by atoms with Gasteiger partial charge in [0, 0.05) is 69.5 Å². The summed E-state index contributed by atoms with van der Waals surface area (Å²) in [6, 6.07) is 62.0. The molecule has 0 amide bonds. The van der Waals surface area contributed by atoms with Gasteiger partial charge in [0.05, 0.1) is 44.4 Å². The smallest absolute Gasteiger partial charge is 0.252 e. The third kappa shape index (κ3) is 9.88. The van der Waals surface area contributed by atoms with Gasteiger partial charge in [-0.15, -0.1) is 0 Å². The minimum Gasteiger partial charge on any atom is -0.311 e. The summed E-state index contributed by atoms with van der Waals surface area (Å²) in [4.78, 5) is 4.67. The quantitative estimate of drug-likeness (QED) is 0.148. The second-order valence-corrected chi connectivity index (χ2v) is 30.7. The standard InChI is InChI=1S/C87H85BN4/c1-83(2,3)54-55-46-80-82-81(47-55)92(75-43-35-59(85(7,8)9)49-67(75)57-28-20-17-21-29-57)79-53-63(90-73-33-25-23-31-65(73)69-51-61(87(13,14)15)37-45-77(69)90)39-41-71(79)88(82)70-40-38-62(89-72-32-24-22-30-64(72)68-50-60(86(10,11)12)36-44-76(68)89)52-78(70)91(80)74-42-34-58(84(4,5)6)48-66(74)56-26-18-16-19-27-56/h16-53H,54H2,1-15H3/i22D,23D,24D,25D,30D,31D,32D,33D,54D2. The van der Waals surface area contributed by atoms with E-state index in [2.05, 4.69) is 251 Å². The summed E-state index contributed by atoms with van der Waals surface area (Å²) < 4.78 is 101. The summed E-state index contributed by atoms with van der Waals surface area (Å²) in [6.45, 7) is 31.5. The lowest BCUT2D eigenvalue weighted by Crippen LogP contribution is -2.61. The number of benzene rings is 11. The van der Waals surface area contributed by atoms with Crippen molar-refractivity contribution in [3.8, 4) is 33.6 Å². The van der Waals surface area contributed by atoms with Gasteiger partial charge < -0.3 is 18.9 Å². The van der Waals surface area contributed by atoms with Crippen LogP contribution < -0.4 is 26.2 Å². The number of fused-ring (bicyclic) bond motifs is 10. The molecule has 2 aliphatic rings. The topological polar surface area (TPSA) is 16.3 Å². The number of anilines is 6. The van der Waals surface area contributed by atoms with E-state index in [1.807, 2.05) is 54.2 Å². The van der Waals surface area contributed by atoms with Gasteiger partial charge in [-0.1, -0.05) is 237 Å². The second-order valence-electron chi connectivity index (χ2n) is 30.7. The molecule has 0 unspecified atom stereocenters. The van der Waals surface area contributed by atoms with Gasteiger partial charge in [-0.25, -0.2) is 0 Å². The molecule has 456 valence electrons. The molecule has 0 saturated heterocycles. The zero-order valence-electron chi connectivity index (χ0n) is 65.7. The van der Waals surface area contributed by atoms with Crippen LogP contribution in [-0.4, -0.2) is 15.8 Å². The Bertz CT molecular complexity index is 5370. The van der Waals surface area contributed by atoms with Crippen molar-refractivity contribution < 1.29 is 13.7 Å². The van der Waals surface area contributed by atoms with Crippen LogP contribution in [0.15, 0.2) is 230 Å². The molecule has 4 nitrogen and oxygen atoms in total.